The predicted molar refractivity (Wildman–Crippen MR) is 58.4 cm³/mol. The number of fused-ring (bicyclic) bond motifs is 1. The first-order chi connectivity index (χ1) is 7.68. The zero-order chi connectivity index (χ0) is 11.5. The number of hydrogen-bond donors (Lipinski definition) is 1. The summed E-state index contributed by atoms with van der Waals surface area (Å²) in [4.78, 5) is 4.36. The molecule has 0 saturated carbocycles. The van der Waals surface area contributed by atoms with Crippen LogP contribution < -0.4 is 5.32 Å². The van der Waals surface area contributed by atoms with Crippen LogP contribution in [-0.2, 0) is 13.6 Å². The van der Waals surface area contributed by atoms with Crippen LogP contribution in [-0.4, -0.2) is 22.5 Å². The molecule has 1 aromatic carbocycles. The first kappa shape index (κ1) is 11.0. The molecular weight excluding hydrogens is 212 g/mol. The number of nitrogens with zero attached hydrogens (tertiary/aromatic N) is 2. The van der Waals surface area contributed by atoms with Gasteiger partial charge in [-0.2, -0.15) is 0 Å². The fraction of sp³-hybridized carbons (Fsp3) is 0.364. The fourth-order valence-electron chi connectivity index (χ4n) is 1.65. The lowest BCUT2D eigenvalue weighted by Gasteiger charge is -2.04. The van der Waals surface area contributed by atoms with E-state index in [4.69, 9.17) is 0 Å². The van der Waals surface area contributed by atoms with Gasteiger partial charge in [-0.05, 0) is 12.1 Å². The Balaban J connectivity index is 2.15. The molecule has 2 aromatic rings. The molecule has 0 radical (unpaired) electrons. The van der Waals surface area contributed by atoms with Gasteiger partial charge in [0.05, 0.1) is 24.1 Å². The monoisotopic (exact) mass is 225 g/mol. The van der Waals surface area contributed by atoms with Crippen molar-refractivity contribution in [2.45, 2.75) is 13.0 Å². The molecule has 2 rings (SSSR count). The Morgan fingerprint density at radius 1 is 1.38 bits per heavy atom. The van der Waals surface area contributed by atoms with E-state index in [-0.39, 0.29) is 6.54 Å². The maximum absolute atomic E-state index is 12.0. The van der Waals surface area contributed by atoms with Gasteiger partial charge in [-0.3, -0.25) is 0 Å². The Morgan fingerprint density at radius 3 is 2.81 bits per heavy atom. The molecule has 0 aliphatic carbocycles. The Kier molecular flexibility index (Phi) is 3.14. The minimum absolute atomic E-state index is 0.302. The number of rotatable bonds is 4. The second-order valence-corrected chi connectivity index (χ2v) is 3.60. The lowest BCUT2D eigenvalue weighted by Crippen LogP contribution is -2.22. The molecule has 1 heterocycles. The molecule has 16 heavy (non-hydrogen) atoms. The van der Waals surface area contributed by atoms with Crippen molar-refractivity contribution in [1.29, 1.82) is 0 Å². The summed E-state index contributed by atoms with van der Waals surface area (Å²) < 4.78 is 25.8. The normalized spacial score (nSPS) is 11.5. The van der Waals surface area contributed by atoms with Crippen molar-refractivity contribution in [3.8, 4) is 0 Å². The van der Waals surface area contributed by atoms with Crippen molar-refractivity contribution in [3.05, 3.63) is 30.1 Å². The van der Waals surface area contributed by atoms with Gasteiger partial charge in [-0.1, -0.05) is 12.1 Å². The number of para-hydroxylation sites is 2. The molecule has 0 bridgehead atoms. The predicted octanol–water partition coefficient (Wildman–Crippen LogP) is 1.93. The topological polar surface area (TPSA) is 29.9 Å². The highest BCUT2D eigenvalue weighted by Gasteiger charge is 2.07. The van der Waals surface area contributed by atoms with E-state index in [0.29, 0.717) is 6.54 Å². The molecule has 1 aromatic heterocycles. The number of alkyl halides is 2. The van der Waals surface area contributed by atoms with Gasteiger partial charge in [-0.15, -0.1) is 0 Å². The average Bonchev–Trinajstić information content (AvgIpc) is 2.56. The number of nitrogens with one attached hydrogen (secondary N) is 1. The summed E-state index contributed by atoms with van der Waals surface area (Å²) in [6.07, 6.45) is -2.32. The van der Waals surface area contributed by atoms with Gasteiger partial charge in [0, 0.05) is 7.05 Å². The van der Waals surface area contributed by atoms with E-state index in [2.05, 4.69) is 10.3 Å². The van der Waals surface area contributed by atoms with E-state index in [1.54, 1.807) is 0 Å². The maximum atomic E-state index is 12.0. The van der Waals surface area contributed by atoms with Gasteiger partial charge in [-0.25, -0.2) is 13.8 Å². The van der Waals surface area contributed by atoms with E-state index in [9.17, 15) is 8.78 Å². The molecule has 0 amide bonds. The SMILES string of the molecule is Cn1c(CNCC(F)F)nc2ccccc21. The molecule has 0 saturated heterocycles. The van der Waals surface area contributed by atoms with Gasteiger partial charge in [0.2, 0.25) is 0 Å². The number of imidazole rings is 1. The van der Waals surface area contributed by atoms with E-state index >= 15 is 0 Å². The van der Waals surface area contributed by atoms with Gasteiger partial charge in [0.1, 0.15) is 5.82 Å². The Labute approximate surface area is 92.1 Å². The van der Waals surface area contributed by atoms with Crippen LogP contribution in [0.25, 0.3) is 11.0 Å². The molecule has 1 N–H and O–H groups in total. The van der Waals surface area contributed by atoms with Crippen LogP contribution in [0.2, 0.25) is 0 Å². The first-order valence-corrected chi connectivity index (χ1v) is 5.07. The molecule has 0 spiro atoms. The second kappa shape index (κ2) is 4.57. The second-order valence-electron chi connectivity index (χ2n) is 3.60. The van der Waals surface area contributed by atoms with Gasteiger partial charge < -0.3 is 9.88 Å². The fourth-order valence-corrected chi connectivity index (χ4v) is 1.65. The minimum Gasteiger partial charge on any atom is -0.330 e. The highest BCUT2D eigenvalue weighted by atomic mass is 19.3. The third-order valence-electron chi connectivity index (χ3n) is 2.46. The molecule has 0 aliphatic rings. The summed E-state index contributed by atoms with van der Waals surface area (Å²) in [6, 6.07) is 7.71. The van der Waals surface area contributed by atoms with Crippen molar-refractivity contribution < 1.29 is 8.78 Å². The van der Waals surface area contributed by atoms with Crippen LogP contribution in [0.15, 0.2) is 24.3 Å². The van der Waals surface area contributed by atoms with Crippen LogP contribution in [0.4, 0.5) is 8.78 Å². The standard InChI is InChI=1S/C11H13F2N3/c1-16-9-5-3-2-4-8(9)15-11(16)7-14-6-10(12)13/h2-5,10,14H,6-7H2,1H3. The zero-order valence-electron chi connectivity index (χ0n) is 8.95. The summed E-state index contributed by atoms with van der Waals surface area (Å²) in [5, 5.41) is 2.67. The quantitative estimate of drug-likeness (QED) is 0.861. The van der Waals surface area contributed by atoms with Crippen LogP contribution in [0.3, 0.4) is 0 Å². The van der Waals surface area contributed by atoms with Crippen molar-refractivity contribution in [1.82, 2.24) is 14.9 Å². The van der Waals surface area contributed by atoms with Crippen molar-refractivity contribution in [2.24, 2.45) is 7.05 Å². The Morgan fingerprint density at radius 2 is 2.12 bits per heavy atom. The molecule has 5 heteroatoms. The summed E-state index contributed by atoms with van der Waals surface area (Å²) in [5.74, 6) is 0.766. The van der Waals surface area contributed by atoms with E-state index in [0.717, 1.165) is 16.9 Å². The van der Waals surface area contributed by atoms with Gasteiger partial charge >= 0.3 is 0 Å². The van der Waals surface area contributed by atoms with Gasteiger partial charge in [0.15, 0.2) is 0 Å². The highest BCUT2D eigenvalue weighted by molar-refractivity contribution is 5.75. The van der Waals surface area contributed by atoms with Crippen LogP contribution >= 0.6 is 0 Å². The largest absolute Gasteiger partial charge is 0.330 e. The van der Waals surface area contributed by atoms with E-state index < -0.39 is 6.43 Å². The van der Waals surface area contributed by atoms with E-state index in [1.165, 1.54) is 0 Å². The molecule has 0 aliphatic heterocycles. The molecule has 0 atom stereocenters. The Bertz CT molecular complexity index is 479. The third-order valence-corrected chi connectivity index (χ3v) is 2.46. The number of benzene rings is 1. The van der Waals surface area contributed by atoms with Crippen molar-refractivity contribution in [3.63, 3.8) is 0 Å². The summed E-state index contributed by atoms with van der Waals surface area (Å²) in [6.45, 7) is 0.0543. The smallest absolute Gasteiger partial charge is 0.250 e. The first-order valence-electron chi connectivity index (χ1n) is 5.07. The molecule has 86 valence electrons. The molecule has 3 nitrogen and oxygen atoms in total. The molecule has 0 unspecified atom stereocenters. The van der Waals surface area contributed by atoms with Gasteiger partial charge in [0.25, 0.3) is 6.43 Å². The summed E-state index contributed by atoms with van der Waals surface area (Å²) >= 11 is 0. The number of halogens is 2. The maximum Gasteiger partial charge on any atom is 0.250 e. The number of hydrogen-bond acceptors (Lipinski definition) is 2. The number of aromatic nitrogens is 2. The summed E-state index contributed by atoms with van der Waals surface area (Å²) in [7, 11) is 1.88. The highest BCUT2D eigenvalue weighted by Crippen LogP contribution is 2.13. The summed E-state index contributed by atoms with van der Waals surface area (Å²) in [5.41, 5.74) is 1.90. The third kappa shape index (κ3) is 2.19. The number of aryl methyl sites for hydroxylation is 1. The van der Waals surface area contributed by atoms with Crippen LogP contribution in [0.5, 0.6) is 0 Å². The Hall–Kier alpha value is -1.49. The molecular formula is C11H13F2N3. The van der Waals surface area contributed by atoms with Crippen molar-refractivity contribution >= 4 is 11.0 Å². The average molecular weight is 225 g/mol. The lowest BCUT2D eigenvalue weighted by atomic mass is 10.3. The van der Waals surface area contributed by atoms with Crippen LogP contribution in [0, 0.1) is 0 Å². The van der Waals surface area contributed by atoms with E-state index in [1.807, 2.05) is 35.9 Å². The van der Waals surface area contributed by atoms with Crippen molar-refractivity contribution in [2.75, 3.05) is 6.54 Å². The van der Waals surface area contributed by atoms with Crippen LogP contribution in [0.1, 0.15) is 5.82 Å². The lowest BCUT2D eigenvalue weighted by molar-refractivity contribution is 0.145. The minimum atomic E-state index is -2.32. The zero-order valence-corrected chi connectivity index (χ0v) is 8.95. The molecule has 0 fully saturated rings.